The van der Waals surface area contributed by atoms with Gasteiger partial charge in [0.1, 0.15) is 4.88 Å². The molecule has 0 bridgehead atoms. The van der Waals surface area contributed by atoms with Crippen molar-refractivity contribution in [2.24, 2.45) is 5.73 Å². The van der Waals surface area contributed by atoms with Crippen LogP contribution in [0.1, 0.15) is 35.1 Å². The Morgan fingerprint density at radius 2 is 2.07 bits per heavy atom. The van der Waals surface area contributed by atoms with E-state index in [9.17, 15) is 9.59 Å². The summed E-state index contributed by atoms with van der Waals surface area (Å²) < 4.78 is 3.68. The number of carbonyl (C=O) groups excluding carboxylic acids is 2. The van der Waals surface area contributed by atoms with E-state index >= 15 is 0 Å². The lowest BCUT2D eigenvalue weighted by molar-refractivity contribution is 0.0940. The van der Waals surface area contributed by atoms with Gasteiger partial charge in [0.25, 0.3) is 5.91 Å². The van der Waals surface area contributed by atoms with Crippen molar-refractivity contribution < 1.29 is 9.59 Å². The zero-order chi connectivity index (χ0) is 11.4. The lowest BCUT2D eigenvalue weighted by atomic mass is 10.1. The van der Waals surface area contributed by atoms with Crippen LogP contribution in [0.2, 0.25) is 0 Å². The molecule has 4 N–H and O–H groups in total. The molecule has 0 radical (unpaired) electrons. The molecule has 1 aromatic rings. The first-order chi connectivity index (χ1) is 7.02. The molecule has 0 saturated carbocycles. The Hall–Kier alpha value is -1.70. The monoisotopic (exact) mass is 229 g/mol. The number of nitrogens with zero attached hydrogens (tertiary/aromatic N) is 2. The van der Waals surface area contributed by atoms with Gasteiger partial charge in [0.2, 0.25) is 0 Å². The van der Waals surface area contributed by atoms with Crippen molar-refractivity contribution in [3.05, 3.63) is 10.6 Å². The Balaban J connectivity index is 2.73. The smallest absolute Gasteiger partial charge is 0.330 e. The highest BCUT2D eigenvalue weighted by molar-refractivity contribution is 7.08. The average molecular weight is 229 g/mol. The van der Waals surface area contributed by atoms with Gasteiger partial charge in [-0.15, -0.1) is 5.10 Å². The maximum atomic E-state index is 11.5. The molecule has 15 heavy (non-hydrogen) atoms. The van der Waals surface area contributed by atoms with E-state index in [0.29, 0.717) is 10.6 Å². The van der Waals surface area contributed by atoms with Gasteiger partial charge < -0.3 is 5.73 Å². The number of urea groups is 1. The Kier molecular flexibility index (Phi) is 3.56. The van der Waals surface area contributed by atoms with Crippen molar-refractivity contribution in [1.82, 2.24) is 20.4 Å². The maximum Gasteiger partial charge on any atom is 0.330 e. The van der Waals surface area contributed by atoms with Gasteiger partial charge >= 0.3 is 6.03 Å². The van der Waals surface area contributed by atoms with Crippen LogP contribution in [0.25, 0.3) is 0 Å². The molecule has 1 rings (SSSR count). The summed E-state index contributed by atoms with van der Waals surface area (Å²) in [4.78, 5) is 22.2. The van der Waals surface area contributed by atoms with Gasteiger partial charge in [-0.05, 0) is 17.5 Å². The van der Waals surface area contributed by atoms with E-state index in [4.69, 9.17) is 5.73 Å². The zero-order valence-electron chi connectivity index (χ0n) is 8.27. The number of amides is 3. The first-order valence-corrected chi connectivity index (χ1v) is 4.97. The molecule has 1 heterocycles. The molecular formula is C7H11N5O2S. The normalized spacial score (nSPS) is 10.1. The summed E-state index contributed by atoms with van der Waals surface area (Å²) in [6.07, 6.45) is 0. The van der Waals surface area contributed by atoms with Gasteiger partial charge in [-0.3, -0.25) is 10.2 Å². The highest BCUT2D eigenvalue weighted by Gasteiger charge is 2.18. The first-order valence-electron chi connectivity index (χ1n) is 4.20. The largest absolute Gasteiger partial charge is 0.350 e. The first kappa shape index (κ1) is 11.4. The molecule has 0 aliphatic heterocycles. The quantitative estimate of drug-likeness (QED) is 0.618. The topological polar surface area (TPSA) is 110 Å². The van der Waals surface area contributed by atoms with Crippen molar-refractivity contribution in [2.75, 3.05) is 0 Å². The number of rotatable bonds is 2. The SMILES string of the molecule is CC(C)c1nnsc1C(=O)NNC(N)=O. The minimum absolute atomic E-state index is 0.0954. The van der Waals surface area contributed by atoms with Crippen LogP contribution < -0.4 is 16.6 Å². The maximum absolute atomic E-state index is 11.5. The van der Waals surface area contributed by atoms with E-state index in [2.05, 4.69) is 15.0 Å². The van der Waals surface area contributed by atoms with E-state index in [0.717, 1.165) is 11.5 Å². The summed E-state index contributed by atoms with van der Waals surface area (Å²) in [5.74, 6) is -0.370. The third kappa shape index (κ3) is 2.88. The molecule has 0 aliphatic rings. The Labute approximate surface area is 90.2 Å². The van der Waals surface area contributed by atoms with Crippen LogP contribution in [0.3, 0.4) is 0 Å². The number of nitrogens with two attached hydrogens (primary N) is 1. The summed E-state index contributed by atoms with van der Waals surface area (Å²) in [6.45, 7) is 3.80. The lowest BCUT2D eigenvalue weighted by Gasteiger charge is -2.05. The van der Waals surface area contributed by atoms with E-state index in [1.54, 1.807) is 0 Å². The van der Waals surface area contributed by atoms with Crippen LogP contribution in [0, 0.1) is 0 Å². The molecule has 8 heteroatoms. The summed E-state index contributed by atoms with van der Waals surface area (Å²) in [7, 11) is 0. The van der Waals surface area contributed by atoms with E-state index < -0.39 is 11.9 Å². The fraction of sp³-hybridized carbons (Fsp3) is 0.429. The summed E-state index contributed by atoms with van der Waals surface area (Å²) >= 11 is 0.972. The third-order valence-corrected chi connectivity index (χ3v) is 2.31. The van der Waals surface area contributed by atoms with Crippen LogP contribution >= 0.6 is 11.5 Å². The van der Waals surface area contributed by atoms with Gasteiger partial charge in [0.05, 0.1) is 5.69 Å². The number of hydrogen-bond donors (Lipinski definition) is 3. The molecular weight excluding hydrogens is 218 g/mol. The standard InChI is InChI=1S/C7H11N5O2S/c1-3(2)4-5(15-12-9-4)6(13)10-11-7(8)14/h3H,1-2H3,(H,10,13)(H3,8,11,14). The number of primary amides is 1. The minimum Gasteiger partial charge on any atom is -0.350 e. The molecule has 7 nitrogen and oxygen atoms in total. The molecule has 0 unspecified atom stereocenters. The van der Waals surface area contributed by atoms with E-state index in [1.165, 1.54) is 0 Å². The van der Waals surface area contributed by atoms with Crippen LogP contribution in [0.5, 0.6) is 0 Å². The molecule has 82 valence electrons. The van der Waals surface area contributed by atoms with Crippen LogP contribution in [0.4, 0.5) is 4.79 Å². The Morgan fingerprint density at radius 1 is 1.40 bits per heavy atom. The van der Waals surface area contributed by atoms with Gasteiger partial charge in [-0.25, -0.2) is 10.2 Å². The molecule has 3 amide bonds. The molecule has 0 saturated heterocycles. The lowest BCUT2D eigenvalue weighted by Crippen LogP contribution is -2.44. The summed E-state index contributed by atoms with van der Waals surface area (Å²) in [5.41, 5.74) is 9.54. The number of aromatic nitrogens is 2. The number of hydrogen-bond acceptors (Lipinski definition) is 5. The second-order valence-corrected chi connectivity index (χ2v) is 3.84. The van der Waals surface area contributed by atoms with Gasteiger partial charge in [-0.2, -0.15) is 0 Å². The molecule has 0 atom stereocenters. The fourth-order valence-electron chi connectivity index (χ4n) is 0.908. The molecule has 1 aromatic heterocycles. The molecule has 0 aromatic carbocycles. The third-order valence-electron chi connectivity index (χ3n) is 1.57. The Morgan fingerprint density at radius 3 is 2.60 bits per heavy atom. The summed E-state index contributed by atoms with van der Waals surface area (Å²) in [5, 5.41) is 3.83. The van der Waals surface area contributed by atoms with Crippen molar-refractivity contribution in [2.45, 2.75) is 19.8 Å². The second-order valence-electron chi connectivity index (χ2n) is 3.09. The van der Waals surface area contributed by atoms with Crippen LogP contribution in [-0.4, -0.2) is 21.5 Å². The molecule has 0 spiro atoms. The fourth-order valence-corrected chi connectivity index (χ4v) is 1.62. The van der Waals surface area contributed by atoms with E-state index in [-0.39, 0.29) is 5.92 Å². The predicted molar refractivity (Wildman–Crippen MR) is 54.2 cm³/mol. The molecule has 0 aliphatic carbocycles. The number of carbonyl (C=O) groups is 2. The number of hydrazine groups is 1. The highest BCUT2D eigenvalue weighted by atomic mass is 32.1. The Bertz CT molecular complexity index is 375. The van der Waals surface area contributed by atoms with Crippen molar-refractivity contribution >= 4 is 23.5 Å². The van der Waals surface area contributed by atoms with Crippen molar-refractivity contribution in [3.8, 4) is 0 Å². The summed E-state index contributed by atoms with van der Waals surface area (Å²) in [6, 6.07) is -0.827. The van der Waals surface area contributed by atoms with Crippen LogP contribution in [0.15, 0.2) is 0 Å². The number of nitrogens with one attached hydrogen (secondary N) is 2. The van der Waals surface area contributed by atoms with Crippen molar-refractivity contribution in [1.29, 1.82) is 0 Å². The van der Waals surface area contributed by atoms with Gasteiger partial charge in [-0.1, -0.05) is 18.3 Å². The van der Waals surface area contributed by atoms with Crippen molar-refractivity contribution in [3.63, 3.8) is 0 Å². The van der Waals surface area contributed by atoms with Crippen LogP contribution in [-0.2, 0) is 0 Å². The van der Waals surface area contributed by atoms with Gasteiger partial charge in [0, 0.05) is 0 Å². The molecule has 0 fully saturated rings. The second kappa shape index (κ2) is 4.69. The minimum atomic E-state index is -0.827. The van der Waals surface area contributed by atoms with E-state index in [1.807, 2.05) is 19.3 Å². The zero-order valence-corrected chi connectivity index (χ0v) is 9.09. The highest BCUT2D eigenvalue weighted by Crippen LogP contribution is 2.18. The average Bonchev–Trinajstić information content (AvgIpc) is 2.62. The van der Waals surface area contributed by atoms with Gasteiger partial charge in [0.15, 0.2) is 0 Å². The predicted octanol–water partition coefficient (Wildman–Crippen LogP) is -0.0254.